The lowest BCUT2D eigenvalue weighted by Crippen LogP contribution is -2.53. The number of carbonyl (C=O) groups is 1. The minimum Gasteiger partial charge on any atom is -0.341 e. The van der Waals surface area contributed by atoms with E-state index >= 15 is 0 Å². The van der Waals surface area contributed by atoms with E-state index in [2.05, 4.69) is 26.1 Å². The molecule has 2 atom stereocenters. The van der Waals surface area contributed by atoms with Gasteiger partial charge in [-0.2, -0.15) is 0 Å². The van der Waals surface area contributed by atoms with Gasteiger partial charge in [-0.3, -0.25) is 4.79 Å². The number of hydrogen-bond donors (Lipinski definition) is 1. The lowest BCUT2D eigenvalue weighted by atomic mass is 9.91. The van der Waals surface area contributed by atoms with Crippen LogP contribution in [0.4, 0.5) is 0 Å². The molecule has 0 aromatic carbocycles. The zero-order chi connectivity index (χ0) is 12.1. The second-order valence-electron chi connectivity index (χ2n) is 4.97. The molecule has 1 saturated heterocycles. The van der Waals surface area contributed by atoms with Crippen LogP contribution in [0.25, 0.3) is 0 Å². The molecule has 1 heterocycles. The van der Waals surface area contributed by atoms with E-state index in [1.807, 2.05) is 11.9 Å². The molecule has 0 bridgehead atoms. The van der Waals surface area contributed by atoms with Crippen molar-refractivity contribution in [2.75, 3.05) is 13.6 Å². The van der Waals surface area contributed by atoms with Gasteiger partial charge in [0.2, 0.25) is 5.91 Å². The summed E-state index contributed by atoms with van der Waals surface area (Å²) in [5, 5.41) is 3.36. The van der Waals surface area contributed by atoms with Gasteiger partial charge in [0.05, 0.1) is 6.04 Å². The van der Waals surface area contributed by atoms with E-state index in [-0.39, 0.29) is 11.9 Å². The summed E-state index contributed by atoms with van der Waals surface area (Å²) in [4.78, 5) is 14.3. The van der Waals surface area contributed by atoms with Gasteiger partial charge < -0.3 is 10.2 Å². The molecular formula is C13H26N2O. The van der Waals surface area contributed by atoms with Gasteiger partial charge in [-0.05, 0) is 38.1 Å². The van der Waals surface area contributed by atoms with E-state index < -0.39 is 0 Å². The third-order valence-corrected chi connectivity index (χ3v) is 3.87. The van der Waals surface area contributed by atoms with Crippen molar-refractivity contribution in [1.29, 1.82) is 0 Å². The van der Waals surface area contributed by atoms with Crippen LogP contribution in [0.1, 0.15) is 46.5 Å². The van der Waals surface area contributed by atoms with Crippen molar-refractivity contribution < 1.29 is 4.79 Å². The van der Waals surface area contributed by atoms with Crippen molar-refractivity contribution in [2.45, 2.75) is 58.5 Å². The lowest BCUT2D eigenvalue weighted by molar-refractivity contribution is -0.136. The fourth-order valence-electron chi connectivity index (χ4n) is 2.62. The fourth-order valence-corrected chi connectivity index (χ4v) is 2.62. The smallest absolute Gasteiger partial charge is 0.239 e. The normalized spacial score (nSPS) is 25.8. The number of piperidine rings is 1. The molecule has 2 unspecified atom stereocenters. The molecule has 3 nitrogen and oxygen atoms in total. The van der Waals surface area contributed by atoms with Gasteiger partial charge in [0.15, 0.2) is 0 Å². The Morgan fingerprint density at radius 1 is 1.44 bits per heavy atom. The predicted molar refractivity (Wildman–Crippen MR) is 67.3 cm³/mol. The number of carbonyl (C=O) groups excluding carboxylic acids is 1. The van der Waals surface area contributed by atoms with Gasteiger partial charge in [-0.25, -0.2) is 0 Å². The molecule has 1 N–H and O–H groups in total. The van der Waals surface area contributed by atoms with Crippen molar-refractivity contribution in [1.82, 2.24) is 10.2 Å². The topological polar surface area (TPSA) is 32.3 Å². The van der Waals surface area contributed by atoms with Crippen LogP contribution in [-0.2, 0) is 4.79 Å². The van der Waals surface area contributed by atoms with Crippen molar-refractivity contribution >= 4 is 5.91 Å². The molecule has 94 valence electrons. The Morgan fingerprint density at radius 3 is 2.56 bits per heavy atom. The highest BCUT2D eigenvalue weighted by Gasteiger charge is 2.31. The highest BCUT2D eigenvalue weighted by Crippen LogP contribution is 2.19. The van der Waals surface area contributed by atoms with Gasteiger partial charge in [0, 0.05) is 13.1 Å². The number of hydrogen-bond acceptors (Lipinski definition) is 2. The zero-order valence-electron chi connectivity index (χ0n) is 11.1. The quantitative estimate of drug-likeness (QED) is 0.795. The van der Waals surface area contributed by atoms with Crippen LogP contribution in [0.5, 0.6) is 0 Å². The number of amides is 1. The number of nitrogens with one attached hydrogen (secondary N) is 1. The summed E-state index contributed by atoms with van der Waals surface area (Å²) in [6.45, 7) is 7.46. The first-order valence-corrected chi connectivity index (χ1v) is 6.61. The van der Waals surface area contributed by atoms with E-state index in [0.717, 1.165) is 19.4 Å². The first-order valence-electron chi connectivity index (χ1n) is 6.61. The first-order chi connectivity index (χ1) is 7.61. The van der Waals surface area contributed by atoms with Crippen molar-refractivity contribution in [3.63, 3.8) is 0 Å². The van der Waals surface area contributed by atoms with Crippen LogP contribution in [-0.4, -0.2) is 36.5 Å². The summed E-state index contributed by atoms with van der Waals surface area (Å²) >= 11 is 0. The molecule has 1 aliphatic heterocycles. The maximum Gasteiger partial charge on any atom is 0.239 e. The molecule has 0 radical (unpaired) electrons. The largest absolute Gasteiger partial charge is 0.341 e. The molecule has 1 fully saturated rings. The summed E-state index contributed by atoms with van der Waals surface area (Å²) in [5.41, 5.74) is 0. The Kier molecular flexibility index (Phi) is 5.26. The van der Waals surface area contributed by atoms with Gasteiger partial charge in [0.25, 0.3) is 0 Å². The van der Waals surface area contributed by atoms with Crippen LogP contribution in [0.2, 0.25) is 0 Å². The molecule has 0 aromatic rings. The molecule has 1 rings (SSSR count). The SMILES string of the molecule is CCC(CC)N(C)C(=O)C1NCCCC1C. The number of nitrogens with zero attached hydrogens (tertiary/aromatic N) is 1. The summed E-state index contributed by atoms with van der Waals surface area (Å²) in [6.07, 6.45) is 4.44. The molecule has 3 heteroatoms. The lowest BCUT2D eigenvalue weighted by Gasteiger charge is -2.35. The standard InChI is InChI=1S/C13H26N2O/c1-5-11(6-2)15(4)13(16)12-10(3)8-7-9-14-12/h10-12,14H,5-9H2,1-4H3. The van der Waals surface area contributed by atoms with Crippen LogP contribution < -0.4 is 5.32 Å². The molecule has 0 spiro atoms. The average Bonchev–Trinajstić information content (AvgIpc) is 2.30. The van der Waals surface area contributed by atoms with E-state index in [1.165, 1.54) is 12.8 Å². The van der Waals surface area contributed by atoms with Crippen LogP contribution in [0.3, 0.4) is 0 Å². The maximum atomic E-state index is 12.3. The molecule has 16 heavy (non-hydrogen) atoms. The molecular weight excluding hydrogens is 200 g/mol. The van der Waals surface area contributed by atoms with E-state index in [9.17, 15) is 4.79 Å². The van der Waals surface area contributed by atoms with Crippen LogP contribution in [0, 0.1) is 5.92 Å². The highest BCUT2D eigenvalue weighted by molar-refractivity contribution is 5.82. The molecule has 0 saturated carbocycles. The molecule has 1 amide bonds. The summed E-state index contributed by atoms with van der Waals surface area (Å²) in [6, 6.07) is 0.433. The predicted octanol–water partition coefficient (Wildman–Crippen LogP) is 2.02. The third-order valence-electron chi connectivity index (χ3n) is 3.87. The summed E-state index contributed by atoms with van der Waals surface area (Å²) in [7, 11) is 1.95. The van der Waals surface area contributed by atoms with Gasteiger partial charge >= 0.3 is 0 Å². The van der Waals surface area contributed by atoms with Crippen molar-refractivity contribution in [3.8, 4) is 0 Å². The minimum atomic E-state index is 0.0411. The second-order valence-corrected chi connectivity index (χ2v) is 4.97. The Labute approximate surface area is 99.6 Å². The van der Waals surface area contributed by atoms with Crippen molar-refractivity contribution in [3.05, 3.63) is 0 Å². The average molecular weight is 226 g/mol. The Morgan fingerprint density at radius 2 is 2.06 bits per heavy atom. The minimum absolute atomic E-state index is 0.0411. The zero-order valence-corrected chi connectivity index (χ0v) is 11.1. The second kappa shape index (κ2) is 6.24. The van der Waals surface area contributed by atoms with Gasteiger partial charge in [-0.1, -0.05) is 20.8 Å². The summed E-state index contributed by atoms with van der Waals surface area (Å²) < 4.78 is 0. The maximum absolute atomic E-state index is 12.3. The highest BCUT2D eigenvalue weighted by atomic mass is 16.2. The Bertz CT molecular complexity index is 226. The Balaban J connectivity index is 2.61. The molecule has 0 aliphatic carbocycles. The monoisotopic (exact) mass is 226 g/mol. The molecule has 1 aliphatic rings. The Hall–Kier alpha value is -0.570. The van der Waals surface area contributed by atoms with E-state index in [1.54, 1.807) is 0 Å². The third kappa shape index (κ3) is 2.97. The van der Waals surface area contributed by atoms with Crippen LogP contribution in [0.15, 0.2) is 0 Å². The first kappa shape index (κ1) is 13.5. The van der Waals surface area contributed by atoms with Crippen LogP contribution >= 0.6 is 0 Å². The van der Waals surface area contributed by atoms with Crippen molar-refractivity contribution in [2.24, 2.45) is 5.92 Å². The number of rotatable bonds is 4. The fraction of sp³-hybridized carbons (Fsp3) is 0.923. The summed E-state index contributed by atoms with van der Waals surface area (Å²) in [5.74, 6) is 0.749. The van der Waals surface area contributed by atoms with Gasteiger partial charge in [0.1, 0.15) is 0 Å². The molecule has 0 aromatic heterocycles. The number of likely N-dealkylation sites (N-methyl/N-ethyl adjacent to an activating group) is 1. The van der Waals surface area contributed by atoms with E-state index in [4.69, 9.17) is 0 Å². The van der Waals surface area contributed by atoms with E-state index in [0.29, 0.717) is 12.0 Å². The van der Waals surface area contributed by atoms with Gasteiger partial charge in [-0.15, -0.1) is 0 Å².